The molecule has 1 unspecified atom stereocenters. The number of carboxylic acids is 1. The highest BCUT2D eigenvalue weighted by Crippen LogP contribution is 2.40. The monoisotopic (exact) mass is 592 g/mol. The Morgan fingerprint density at radius 2 is 2.21 bits per heavy atom. The van der Waals surface area contributed by atoms with Gasteiger partial charge in [-0.2, -0.15) is 4.57 Å². The number of nitrogen functional groups attached to an aromatic ring is 1. The van der Waals surface area contributed by atoms with Gasteiger partial charge >= 0.3 is 5.97 Å². The number of aliphatic carboxylic acids is 1. The van der Waals surface area contributed by atoms with Gasteiger partial charge in [-0.25, -0.2) is 14.2 Å². The maximum atomic E-state index is 13.1. The molecule has 2 aliphatic heterocycles. The van der Waals surface area contributed by atoms with Crippen LogP contribution in [-0.2, 0) is 25.8 Å². The summed E-state index contributed by atoms with van der Waals surface area (Å²) in [5.74, 6) is -2.12. The van der Waals surface area contributed by atoms with Crippen LogP contribution < -0.4 is 20.9 Å². The summed E-state index contributed by atoms with van der Waals surface area (Å²) in [6, 6.07) is 2.80. The van der Waals surface area contributed by atoms with E-state index in [0.717, 1.165) is 27.2 Å². The van der Waals surface area contributed by atoms with Crippen molar-refractivity contribution >= 4 is 79.0 Å². The van der Waals surface area contributed by atoms with Crippen LogP contribution in [0.5, 0.6) is 0 Å². The van der Waals surface area contributed by atoms with Gasteiger partial charge in [0.25, 0.3) is 16.6 Å². The topological polar surface area (TPSA) is 163 Å². The number of rotatable bonds is 10. The van der Waals surface area contributed by atoms with Crippen molar-refractivity contribution < 1.29 is 33.3 Å². The number of alkyl halides is 1. The number of nitrogens with one attached hydrogen (secondary N) is 2. The maximum Gasteiger partial charge on any atom is 0.352 e. The van der Waals surface area contributed by atoms with E-state index in [1.54, 1.807) is 5.38 Å². The highest BCUT2D eigenvalue weighted by atomic mass is 32.2. The van der Waals surface area contributed by atoms with E-state index in [-0.39, 0.29) is 35.3 Å². The minimum Gasteiger partial charge on any atom is -0.477 e. The number of thiophene rings is 1. The standard InChI is InChI=1S/C23H22FN7O5S3/c1-36-29-15(14-10-39-23(25)27-14)18(32)28-16-19(33)31-17(22(34)35)11(8-37-21(16)31)7-30-6-2-3-12-13(26-5-4-24)9-38-20(12)30/h2-3,6,9-10,16,21,26H,4-5,7-8H2,1H3,(H3-,25,27,28,32,34,35)/p+1/b29-15-/t16?,21-/m1/s1. The second kappa shape index (κ2) is 11.2. The van der Waals surface area contributed by atoms with Gasteiger partial charge in [-0.3, -0.25) is 14.5 Å². The van der Waals surface area contributed by atoms with Gasteiger partial charge in [0, 0.05) is 34.7 Å². The maximum absolute atomic E-state index is 13.1. The number of hydrogen-bond donors (Lipinski definition) is 4. The molecule has 0 aromatic carbocycles. The number of carboxylic acid groups (broad SMARTS) is 1. The third-order valence-electron chi connectivity index (χ3n) is 6.07. The van der Waals surface area contributed by atoms with Crippen molar-refractivity contribution in [2.24, 2.45) is 5.16 Å². The van der Waals surface area contributed by atoms with Gasteiger partial charge in [-0.15, -0.1) is 23.1 Å². The summed E-state index contributed by atoms with van der Waals surface area (Å²) in [6.07, 6.45) is 1.84. The van der Waals surface area contributed by atoms with E-state index in [0.29, 0.717) is 11.3 Å². The van der Waals surface area contributed by atoms with Gasteiger partial charge in [0.05, 0.1) is 11.1 Å². The summed E-state index contributed by atoms with van der Waals surface area (Å²) in [4.78, 5) is 49.3. The molecular formula is C23H23FN7O5S3+. The second-order valence-electron chi connectivity index (χ2n) is 8.43. The number of halogens is 1. The molecule has 16 heteroatoms. The lowest BCUT2D eigenvalue weighted by atomic mass is 10.0. The Kier molecular flexibility index (Phi) is 7.67. The molecule has 0 spiro atoms. The fourth-order valence-corrected chi connectivity index (χ4v) is 7.30. The Hall–Kier alpha value is -3.76. The van der Waals surface area contributed by atoms with E-state index in [2.05, 4.69) is 20.8 Å². The number of thiazole rings is 1. The molecule has 5 heterocycles. The highest BCUT2D eigenvalue weighted by molar-refractivity contribution is 8.00. The quantitative estimate of drug-likeness (QED) is 0.118. The van der Waals surface area contributed by atoms with Gasteiger partial charge in [-0.05, 0) is 6.07 Å². The predicted octanol–water partition coefficient (Wildman–Crippen LogP) is 1.40. The third-order valence-corrected chi connectivity index (χ3v) is 9.11. The van der Waals surface area contributed by atoms with Crippen molar-refractivity contribution in [3.63, 3.8) is 0 Å². The first-order valence-corrected chi connectivity index (χ1v) is 14.4. The number of pyridine rings is 1. The molecule has 1 saturated heterocycles. The van der Waals surface area contributed by atoms with Crippen LogP contribution in [0.4, 0.5) is 15.2 Å². The smallest absolute Gasteiger partial charge is 0.352 e. The molecule has 1 fully saturated rings. The van der Waals surface area contributed by atoms with Crippen LogP contribution in [-0.4, -0.2) is 76.0 Å². The summed E-state index contributed by atoms with van der Waals surface area (Å²) in [5, 5.41) is 23.4. The molecule has 3 aromatic heterocycles. The van der Waals surface area contributed by atoms with Crippen molar-refractivity contribution in [3.8, 4) is 0 Å². The first-order chi connectivity index (χ1) is 18.8. The molecule has 204 valence electrons. The van der Waals surface area contributed by atoms with Crippen molar-refractivity contribution in [2.75, 3.05) is 37.1 Å². The number of oxime groups is 1. The number of amides is 2. The van der Waals surface area contributed by atoms with Gasteiger partial charge in [0.15, 0.2) is 23.6 Å². The summed E-state index contributed by atoms with van der Waals surface area (Å²) in [7, 11) is 1.28. The van der Waals surface area contributed by atoms with E-state index >= 15 is 0 Å². The average molecular weight is 593 g/mol. The lowest BCUT2D eigenvalue weighted by Crippen LogP contribution is -2.71. The number of hydrogen-bond acceptors (Lipinski definition) is 11. The molecule has 3 aromatic rings. The number of carbonyl (C=O) groups is 3. The summed E-state index contributed by atoms with van der Waals surface area (Å²) in [5.41, 5.74) is 6.99. The number of fused-ring (bicyclic) bond motifs is 2. The van der Waals surface area contributed by atoms with Gasteiger partial charge in [0.1, 0.15) is 36.6 Å². The first-order valence-electron chi connectivity index (χ1n) is 11.6. The van der Waals surface area contributed by atoms with Crippen molar-refractivity contribution in [1.82, 2.24) is 15.2 Å². The number of anilines is 2. The molecule has 12 nitrogen and oxygen atoms in total. The van der Waals surface area contributed by atoms with E-state index in [9.17, 15) is 23.9 Å². The molecular weight excluding hydrogens is 569 g/mol. The van der Waals surface area contributed by atoms with Gasteiger partial charge in [0.2, 0.25) is 0 Å². The minimum absolute atomic E-state index is 0.0934. The number of nitrogens with two attached hydrogens (primary N) is 1. The van der Waals surface area contributed by atoms with Crippen LogP contribution in [0.3, 0.4) is 0 Å². The van der Waals surface area contributed by atoms with Crippen LogP contribution in [0.2, 0.25) is 0 Å². The zero-order chi connectivity index (χ0) is 27.7. The van der Waals surface area contributed by atoms with E-state index in [4.69, 9.17) is 10.6 Å². The zero-order valence-corrected chi connectivity index (χ0v) is 22.9. The third kappa shape index (κ3) is 5.02. The average Bonchev–Trinajstić information content (AvgIpc) is 3.55. The van der Waals surface area contributed by atoms with Crippen LogP contribution in [0, 0.1) is 0 Å². The molecule has 2 amide bonds. The van der Waals surface area contributed by atoms with E-state index in [1.807, 2.05) is 28.3 Å². The number of carbonyl (C=O) groups excluding carboxylic acids is 2. The molecule has 2 atom stereocenters. The Labute approximate surface area is 233 Å². The van der Waals surface area contributed by atoms with Gasteiger partial charge in [-0.1, -0.05) is 16.5 Å². The molecule has 0 aliphatic carbocycles. The fraction of sp³-hybridized carbons (Fsp3) is 0.304. The molecule has 0 bridgehead atoms. The lowest BCUT2D eigenvalue weighted by molar-refractivity contribution is -0.661. The Morgan fingerprint density at radius 3 is 2.90 bits per heavy atom. The van der Waals surface area contributed by atoms with Crippen molar-refractivity contribution in [2.45, 2.75) is 18.0 Å². The summed E-state index contributed by atoms with van der Waals surface area (Å²) < 4.78 is 14.6. The van der Waals surface area contributed by atoms with Gasteiger partial charge < -0.3 is 26.3 Å². The number of nitrogens with zero attached hydrogens (tertiary/aromatic N) is 4. The highest BCUT2D eigenvalue weighted by Gasteiger charge is 2.55. The number of β-lactam (4-membered cyclic amide) rings is 1. The zero-order valence-electron chi connectivity index (χ0n) is 20.4. The number of aromatic nitrogens is 2. The van der Waals surface area contributed by atoms with Crippen LogP contribution in [0.15, 0.2) is 45.5 Å². The Morgan fingerprint density at radius 1 is 1.38 bits per heavy atom. The molecule has 2 aliphatic rings. The second-order valence-corrected chi connectivity index (χ2v) is 11.3. The lowest BCUT2D eigenvalue weighted by Gasteiger charge is -2.49. The van der Waals surface area contributed by atoms with Crippen LogP contribution in [0.1, 0.15) is 5.69 Å². The molecule has 0 saturated carbocycles. The van der Waals surface area contributed by atoms with Crippen molar-refractivity contribution in [3.05, 3.63) is 46.1 Å². The number of thioether (sulfide) groups is 1. The van der Waals surface area contributed by atoms with Crippen molar-refractivity contribution in [1.29, 1.82) is 0 Å². The Bertz CT molecular complexity index is 1520. The van der Waals surface area contributed by atoms with E-state index < -0.39 is 35.9 Å². The Balaban J connectivity index is 1.37. The molecule has 39 heavy (non-hydrogen) atoms. The van der Waals surface area contributed by atoms with E-state index in [1.165, 1.54) is 35.1 Å². The SMILES string of the molecule is CO/N=C(\C(=O)NC1C(=O)N2C(C(=O)O)=C(C[n+]3cccc4c(NCCF)csc43)CS[C@H]12)c1csc(N)n1. The predicted molar refractivity (Wildman–Crippen MR) is 146 cm³/mol. The largest absolute Gasteiger partial charge is 0.477 e. The molecule has 5 rings (SSSR count). The van der Waals surface area contributed by atoms with Crippen LogP contribution in [0.25, 0.3) is 10.2 Å². The molecule has 5 N–H and O–H groups in total. The summed E-state index contributed by atoms with van der Waals surface area (Å²) >= 11 is 3.94. The normalized spacial score (nSPS) is 19.1. The first kappa shape index (κ1) is 26.8. The minimum atomic E-state index is -1.22. The summed E-state index contributed by atoms with van der Waals surface area (Å²) in [6.45, 7) is -0.0559. The molecule has 0 radical (unpaired) electrons. The fourth-order valence-electron chi connectivity index (χ4n) is 4.41. The van der Waals surface area contributed by atoms with Crippen LogP contribution >= 0.6 is 34.4 Å².